The fraction of sp³-hybridized carbons (Fsp3) is 0.300. The Bertz CT molecular complexity index is 353. The molecule has 0 aliphatic carbocycles. The molecule has 0 saturated carbocycles. The molecule has 0 radical (unpaired) electrons. The number of amides is 1. The maximum atomic E-state index is 10.9. The summed E-state index contributed by atoms with van der Waals surface area (Å²) in [6, 6.07) is 7.02. The summed E-state index contributed by atoms with van der Waals surface area (Å²) < 4.78 is 0. The van der Waals surface area contributed by atoms with E-state index < -0.39 is 11.5 Å². The van der Waals surface area contributed by atoms with Crippen molar-refractivity contribution in [2.24, 2.45) is 5.73 Å². The molecule has 0 aromatic heterocycles. The van der Waals surface area contributed by atoms with E-state index in [0.717, 1.165) is 0 Å². The van der Waals surface area contributed by atoms with Gasteiger partial charge in [0.15, 0.2) is 0 Å². The molecule has 0 bridgehead atoms. The predicted molar refractivity (Wildman–Crippen MR) is 62.2 cm³/mol. The average Bonchev–Trinajstić information content (AvgIpc) is 2.08. The molecule has 0 spiro atoms. The minimum absolute atomic E-state index is 0. The van der Waals surface area contributed by atoms with Crippen LogP contribution in [0.1, 0.15) is 12.5 Å². The summed E-state index contributed by atoms with van der Waals surface area (Å²) in [6.45, 7) is 1.37. The molecule has 1 aromatic rings. The molecule has 0 saturated heterocycles. The summed E-state index contributed by atoms with van der Waals surface area (Å²) in [7, 11) is 0. The Balaban J connectivity index is 0.00000196. The van der Waals surface area contributed by atoms with Crippen LogP contribution in [0.5, 0.6) is 0 Å². The van der Waals surface area contributed by atoms with Crippen LogP contribution in [0.15, 0.2) is 24.3 Å². The first-order valence-corrected chi connectivity index (χ1v) is 4.57. The van der Waals surface area contributed by atoms with E-state index in [2.05, 4.69) is 0 Å². The monoisotopic (exact) mass is 249 g/mol. The minimum Gasteiger partial charge on any atom is -0.380 e. The van der Waals surface area contributed by atoms with Gasteiger partial charge in [-0.3, -0.25) is 4.79 Å². The minimum atomic E-state index is -1.55. The lowest BCUT2D eigenvalue weighted by Gasteiger charge is -2.19. The lowest BCUT2D eigenvalue weighted by molar-refractivity contribution is -0.134. The second-order valence-electron chi connectivity index (χ2n) is 3.41. The topological polar surface area (TPSA) is 63.3 Å². The molecule has 1 unspecified atom stereocenters. The van der Waals surface area contributed by atoms with Crippen LogP contribution in [0.4, 0.5) is 0 Å². The van der Waals surface area contributed by atoms with Crippen LogP contribution >= 0.6 is 24.0 Å². The molecule has 1 aromatic carbocycles. The Kier molecular flexibility index (Phi) is 5.08. The van der Waals surface area contributed by atoms with Crippen molar-refractivity contribution in [2.75, 3.05) is 0 Å². The number of halogens is 2. The largest absolute Gasteiger partial charge is 0.380 e. The Morgan fingerprint density at radius 2 is 2.07 bits per heavy atom. The number of benzene rings is 1. The molecule has 0 heterocycles. The fourth-order valence-corrected chi connectivity index (χ4v) is 1.30. The third-order valence-electron chi connectivity index (χ3n) is 2.02. The van der Waals surface area contributed by atoms with E-state index in [1.807, 2.05) is 0 Å². The van der Waals surface area contributed by atoms with Crippen LogP contribution in [0, 0.1) is 0 Å². The van der Waals surface area contributed by atoms with Gasteiger partial charge in [0.05, 0.1) is 0 Å². The van der Waals surface area contributed by atoms with Gasteiger partial charge in [-0.1, -0.05) is 29.8 Å². The van der Waals surface area contributed by atoms with Gasteiger partial charge in [-0.15, -0.1) is 12.4 Å². The van der Waals surface area contributed by atoms with Gasteiger partial charge in [-0.2, -0.15) is 0 Å². The standard InChI is InChI=1S/C10H12ClNO2.ClH/c1-10(14,9(12)13)6-7-4-2-3-5-8(7)11;/h2-5,14H,6H2,1H3,(H2,12,13);1H. The van der Waals surface area contributed by atoms with Crippen molar-refractivity contribution in [2.45, 2.75) is 18.9 Å². The molecule has 1 rings (SSSR count). The van der Waals surface area contributed by atoms with Crippen molar-refractivity contribution in [1.29, 1.82) is 0 Å². The van der Waals surface area contributed by atoms with Crippen LogP contribution in [0.3, 0.4) is 0 Å². The van der Waals surface area contributed by atoms with Crippen molar-refractivity contribution in [1.82, 2.24) is 0 Å². The Morgan fingerprint density at radius 1 is 1.53 bits per heavy atom. The van der Waals surface area contributed by atoms with Crippen molar-refractivity contribution >= 4 is 29.9 Å². The molecule has 1 atom stereocenters. The third kappa shape index (κ3) is 3.70. The highest BCUT2D eigenvalue weighted by Gasteiger charge is 2.28. The zero-order chi connectivity index (χ0) is 10.8. The smallest absolute Gasteiger partial charge is 0.249 e. The fourth-order valence-electron chi connectivity index (χ4n) is 1.10. The van der Waals surface area contributed by atoms with Crippen molar-refractivity contribution < 1.29 is 9.90 Å². The van der Waals surface area contributed by atoms with Crippen LogP contribution < -0.4 is 5.73 Å². The third-order valence-corrected chi connectivity index (χ3v) is 2.39. The molecule has 3 N–H and O–H groups in total. The van der Waals surface area contributed by atoms with Crippen LogP contribution in [-0.2, 0) is 11.2 Å². The molecule has 15 heavy (non-hydrogen) atoms. The van der Waals surface area contributed by atoms with E-state index in [0.29, 0.717) is 10.6 Å². The highest BCUT2D eigenvalue weighted by Crippen LogP contribution is 2.20. The number of primary amides is 1. The van der Waals surface area contributed by atoms with Crippen molar-refractivity contribution in [3.05, 3.63) is 34.9 Å². The number of carbonyl (C=O) groups is 1. The second-order valence-corrected chi connectivity index (χ2v) is 3.81. The molecule has 5 heteroatoms. The number of nitrogens with two attached hydrogens (primary N) is 1. The van der Waals surface area contributed by atoms with E-state index in [1.54, 1.807) is 24.3 Å². The molecule has 3 nitrogen and oxygen atoms in total. The van der Waals surface area contributed by atoms with Crippen molar-refractivity contribution in [3.8, 4) is 0 Å². The predicted octanol–water partition coefficient (Wildman–Crippen LogP) is 1.54. The molecule has 0 aliphatic heterocycles. The maximum absolute atomic E-state index is 10.9. The molecule has 0 fully saturated rings. The van der Waals surface area contributed by atoms with Gasteiger partial charge in [0.2, 0.25) is 5.91 Å². The highest BCUT2D eigenvalue weighted by atomic mass is 35.5. The zero-order valence-corrected chi connectivity index (χ0v) is 9.81. The van der Waals surface area contributed by atoms with E-state index in [-0.39, 0.29) is 18.8 Å². The molecule has 84 valence electrons. The van der Waals surface area contributed by atoms with Gasteiger partial charge in [0, 0.05) is 11.4 Å². The lowest BCUT2D eigenvalue weighted by Crippen LogP contribution is -2.42. The van der Waals surface area contributed by atoms with Gasteiger partial charge >= 0.3 is 0 Å². The highest BCUT2D eigenvalue weighted by molar-refractivity contribution is 6.31. The Morgan fingerprint density at radius 3 is 2.53 bits per heavy atom. The van der Waals surface area contributed by atoms with E-state index in [9.17, 15) is 9.90 Å². The first-order valence-electron chi connectivity index (χ1n) is 4.19. The summed E-state index contributed by atoms with van der Waals surface area (Å²) in [5.41, 5.74) is 4.19. The number of aliphatic hydroxyl groups is 1. The number of rotatable bonds is 3. The Labute approximate surface area is 99.6 Å². The van der Waals surface area contributed by atoms with Gasteiger partial charge in [0.1, 0.15) is 5.60 Å². The number of hydrogen-bond acceptors (Lipinski definition) is 2. The van der Waals surface area contributed by atoms with Gasteiger partial charge < -0.3 is 10.8 Å². The quantitative estimate of drug-likeness (QED) is 0.854. The average molecular weight is 250 g/mol. The molecule has 1 amide bonds. The van der Waals surface area contributed by atoms with Crippen molar-refractivity contribution in [3.63, 3.8) is 0 Å². The van der Waals surface area contributed by atoms with Gasteiger partial charge in [-0.05, 0) is 18.6 Å². The Hall–Kier alpha value is -0.770. The normalized spacial score (nSPS) is 13.8. The maximum Gasteiger partial charge on any atom is 0.249 e. The van der Waals surface area contributed by atoms with Gasteiger partial charge in [0.25, 0.3) is 0 Å². The zero-order valence-electron chi connectivity index (χ0n) is 8.24. The van der Waals surface area contributed by atoms with E-state index in [4.69, 9.17) is 17.3 Å². The van der Waals surface area contributed by atoms with Crippen LogP contribution in [-0.4, -0.2) is 16.6 Å². The number of carbonyl (C=O) groups excluding carboxylic acids is 1. The van der Waals surface area contributed by atoms with Gasteiger partial charge in [-0.25, -0.2) is 0 Å². The van der Waals surface area contributed by atoms with Crippen LogP contribution in [0.2, 0.25) is 5.02 Å². The second kappa shape index (κ2) is 5.35. The summed E-state index contributed by atoms with van der Waals surface area (Å²) >= 11 is 5.87. The summed E-state index contributed by atoms with van der Waals surface area (Å²) in [6.07, 6.45) is 0.127. The number of hydrogen-bond donors (Lipinski definition) is 2. The first-order chi connectivity index (χ1) is 6.43. The van der Waals surface area contributed by atoms with Crippen LogP contribution in [0.25, 0.3) is 0 Å². The molecular weight excluding hydrogens is 237 g/mol. The van der Waals surface area contributed by atoms with E-state index >= 15 is 0 Å². The summed E-state index contributed by atoms with van der Waals surface area (Å²) in [5.74, 6) is -0.752. The molecule has 0 aliphatic rings. The first kappa shape index (κ1) is 14.2. The lowest BCUT2D eigenvalue weighted by atomic mass is 9.96. The summed E-state index contributed by atoms with van der Waals surface area (Å²) in [5, 5.41) is 10.2. The molecular formula is C10H13Cl2NO2. The summed E-state index contributed by atoms with van der Waals surface area (Å²) in [4.78, 5) is 10.9. The SMILES string of the molecule is CC(O)(Cc1ccccc1Cl)C(N)=O.Cl. The van der Waals surface area contributed by atoms with E-state index in [1.165, 1.54) is 6.92 Å².